The van der Waals surface area contributed by atoms with Gasteiger partial charge in [-0.25, -0.2) is 4.98 Å². The summed E-state index contributed by atoms with van der Waals surface area (Å²) < 4.78 is 5.23. The summed E-state index contributed by atoms with van der Waals surface area (Å²) in [5.74, 6) is 0.859. The van der Waals surface area contributed by atoms with E-state index in [2.05, 4.69) is 49.4 Å². The van der Waals surface area contributed by atoms with Crippen molar-refractivity contribution >= 4 is 34.1 Å². The Morgan fingerprint density at radius 3 is 2.38 bits per heavy atom. The Bertz CT molecular complexity index is 1010. The highest BCUT2D eigenvalue weighted by Gasteiger charge is 2.08. The molecule has 0 bridgehead atoms. The molecule has 4 aromatic rings. The number of nitrogens with zero attached hydrogens (tertiary/aromatic N) is 1. The standard InChI is InChI=1S/C21H17NO.ClH/c1-14-13-20(16-7-10-17(23-2)11-8-16)22-19-12-9-15-5-3-4-6-18(15)21(14)19;/h3-13H,1-2H3;1H. The molecule has 3 heteroatoms. The lowest BCUT2D eigenvalue weighted by atomic mass is 9.99. The van der Waals surface area contributed by atoms with Gasteiger partial charge in [0.15, 0.2) is 0 Å². The first kappa shape index (κ1) is 16.3. The van der Waals surface area contributed by atoms with Gasteiger partial charge in [0, 0.05) is 10.9 Å². The molecule has 0 saturated carbocycles. The minimum atomic E-state index is 0. The van der Waals surface area contributed by atoms with Gasteiger partial charge in [-0.3, -0.25) is 0 Å². The Hall–Kier alpha value is -2.58. The predicted molar refractivity (Wildman–Crippen MR) is 103 cm³/mol. The Morgan fingerprint density at radius 1 is 0.875 bits per heavy atom. The van der Waals surface area contributed by atoms with E-state index < -0.39 is 0 Å². The zero-order chi connectivity index (χ0) is 15.8. The van der Waals surface area contributed by atoms with Gasteiger partial charge >= 0.3 is 0 Å². The van der Waals surface area contributed by atoms with Crippen LogP contribution in [0.3, 0.4) is 0 Å². The van der Waals surface area contributed by atoms with Gasteiger partial charge in [-0.15, -0.1) is 12.4 Å². The lowest BCUT2D eigenvalue weighted by molar-refractivity contribution is 0.415. The molecule has 0 amide bonds. The van der Waals surface area contributed by atoms with Crippen molar-refractivity contribution in [3.8, 4) is 17.0 Å². The molecule has 2 nitrogen and oxygen atoms in total. The van der Waals surface area contributed by atoms with Crippen LogP contribution in [0.15, 0.2) is 66.7 Å². The Labute approximate surface area is 147 Å². The molecule has 0 spiro atoms. The van der Waals surface area contributed by atoms with E-state index in [1.165, 1.54) is 21.7 Å². The predicted octanol–water partition coefficient (Wildman–Crippen LogP) is 5.79. The van der Waals surface area contributed by atoms with Crippen molar-refractivity contribution in [2.24, 2.45) is 0 Å². The normalized spacial score (nSPS) is 10.6. The summed E-state index contributed by atoms with van der Waals surface area (Å²) in [5, 5.41) is 3.75. The Kier molecular flexibility index (Phi) is 4.41. The molecule has 1 aromatic heterocycles. The van der Waals surface area contributed by atoms with Crippen molar-refractivity contribution in [3.63, 3.8) is 0 Å². The average molecular weight is 336 g/mol. The number of methoxy groups -OCH3 is 1. The minimum absolute atomic E-state index is 0. The fourth-order valence-electron chi connectivity index (χ4n) is 3.12. The third-order valence-corrected chi connectivity index (χ3v) is 4.28. The van der Waals surface area contributed by atoms with E-state index in [0.29, 0.717) is 0 Å². The number of aryl methyl sites for hydroxylation is 1. The summed E-state index contributed by atoms with van der Waals surface area (Å²) in [7, 11) is 1.68. The van der Waals surface area contributed by atoms with Gasteiger partial charge < -0.3 is 4.74 Å². The fourth-order valence-corrected chi connectivity index (χ4v) is 3.12. The highest BCUT2D eigenvalue weighted by molar-refractivity contribution is 6.08. The van der Waals surface area contributed by atoms with Crippen LogP contribution in [0.1, 0.15) is 5.56 Å². The third-order valence-electron chi connectivity index (χ3n) is 4.28. The first-order valence-corrected chi connectivity index (χ1v) is 7.70. The van der Waals surface area contributed by atoms with Gasteiger partial charge in [-0.2, -0.15) is 0 Å². The van der Waals surface area contributed by atoms with Crippen molar-refractivity contribution in [2.75, 3.05) is 7.11 Å². The second kappa shape index (κ2) is 6.50. The summed E-state index contributed by atoms with van der Waals surface area (Å²) in [4.78, 5) is 4.87. The number of rotatable bonds is 2. The summed E-state index contributed by atoms with van der Waals surface area (Å²) in [6.07, 6.45) is 0. The van der Waals surface area contributed by atoms with Gasteiger partial charge in [-0.1, -0.05) is 30.3 Å². The first-order chi connectivity index (χ1) is 11.3. The number of hydrogen-bond acceptors (Lipinski definition) is 2. The molecule has 0 aliphatic carbocycles. The number of ether oxygens (including phenoxy) is 1. The van der Waals surface area contributed by atoms with Crippen LogP contribution in [0.25, 0.3) is 32.9 Å². The SMILES string of the molecule is COc1ccc(-c2cc(C)c3c(ccc4ccccc43)n2)cc1.Cl. The minimum Gasteiger partial charge on any atom is -0.497 e. The molecule has 0 aliphatic heterocycles. The summed E-state index contributed by atoms with van der Waals surface area (Å²) in [5.41, 5.74) is 4.38. The third kappa shape index (κ3) is 2.70. The maximum Gasteiger partial charge on any atom is 0.118 e. The Morgan fingerprint density at radius 2 is 1.62 bits per heavy atom. The van der Waals surface area contributed by atoms with Crippen molar-refractivity contribution in [2.45, 2.75) is 6.92 Å². The molecule has 3 aromatic carbocycles. The van der Waals surface area contributed by atoms with Crippen LogP contribution in [0.2, 0.25) is 0 Å². The van der Waals surface area contributed by atoms with Crippen molar-refractivity contribution < 1.29 is 4.74 Å². The van der Waals surface area contributed by atoms with Crippen LogP contribution in [0.5, 0.6) is 5.75 Å². The van der Waals surface area contributed by atoms with Crippen LogP contribution >= 0.6 is 12.4 Å². The van der Waals surface area contributed by atoms with Gasteiger partial charge in [0.05, 0.1) is 18.3 Å². The van der Waals surface area contributed by atoms with E-state index in [0.717, 1.165) is 22.5 Å². The number of hydrogen-bond donors (Lipinski definition) is 0. The van der Waals surface area contributed by atoms with Crippen molar-refractivity contribution in [1.82, 2.24) is 4.98 Å². The van der Waals surface area contributed by atoms with Crippen LogP contribution in [0, 0.1) is 6.92 Å². The molecule has 0 atom stereocenters. The quantitative estimate of drug-likeness (QED) is 0.432. The molecule has 0 aliphatic rings. The number of pyridine rings is 1. The summed E-state index contributed by atoms with van der Waals surface area (Å²) >= 11 is 0. The maximum absolute atomic E-state index is 5.23. The van der Waals surface area contributed by atoms with E-state index in [-0.39, 0.29) is 12.4 Å². The van der Waals surface area contributed by atoms with Gasteiger partial charge in [-0.05, 0) is 59.7 Å². The summed E-state index contributed by atoms with van der Waals surface area (Å²) in [6, 6.07) is 22.9. The molecule has 4 rings (SSSR count). The van der Waals surface area contributed by atoms with E-state index in [1.807, 2.05) is 24.3 Å². The molecule has 0 radical (unpaired) electrons. The molecule has 120 valence electrons. The van der Waals surface area contributed by atoms with Crippen LogP contribution in [-0.4, -0.2) is 12.1 Å². The highest BCUT2D eigenvalue weighted by Crippen LogP contribution is 2.30. The van der Waals surface area contributed by atoms with Gasteiger partial charge in [0.25, 0.3) is 0 Å². The second-order valence-electron chi connectivity index (χ2n) is 5.73. The first-order valence-electron chi connectivity index (χ1n) is 7.70. The van der Waals surface area contributed by atoms with E-state index in [4.69, 9.17) is 9.72 Å². The van der Waals surface area contributed by atoms with E-state index >= 15 is 0 Å². The second-order valence-corrected chi connectivity index (χ2v) is 5.73. The number of fused-ring (bicyclic) bond motifs is 3. The van der Waals surface area contributed by atoms with Crippen LogP contribution in [0.4, 0.5) is 0 Å². The van der Waals surface area contributed by atoms with E-state index in [1.54, 1.807) is 7.11 Å². The molecular formula is C21H18ClNO. The monoisotopic (exact) mass is 335 g/mol. The molecule has 0 fully saturated rings. The summed E-state index contributed by atoms with van der Waals surface area (Å²) in [6.45, 7) is 2.16. The number of halogens is 1. The van der Waals surface area contributed by atoms with Gasteiger partial charge in [0.1, 0.15) is 5.75 Å². The largest absolute Gasteiger partial charge is 0.497 e. The number of aromatic nitrogens is 1. The van der Waals surface area contributed by atoms with Gasteiger partial charge in [0.2, 0.25) is 0 Å². The lowest BCUT2D eigenvalue weighted by Gasteiger charge is -2.10. The molecule has 0 N–H and O–H groups in total. The molecule has 0 saturated heterocycles. The molecular weight excluding hydrogens is 318 g/mol. The topological polar surface area (TPSA) is 22.1 Å². The fraction of sp³-hybridized carbons (Fsp3) is 0.0952. The average Bonchev–Trinajstić information content (AvgIpc) is 2.61. The zero-order valence-corrected chi connectivity index (χ0v) is 14.4. The smallest absolute Gasteiger partial charge is 0.118 e. The zero-order valence-electron chi connectivity index (χ0n) is 13.6. The van der Waals surface area contributed by atoms with Crippen molar-refractivity contribution in [3.05, 3.63) is 72.3 Å². The van der Waals surface area contributed by atoms with E-state index in [9.17, 15) is 0 Å². The molecule has 24 heavy (non-hydrogen) atoms. The molecule has 1 heterocycles. The molecule has 0 unspecified atom stereocenters. The Balaban J connectivity index is 0.00000169. The van der Waals surface area contributed by atoms with Crippen LogP contribution in [-0.2, 0) is 0 Å². The van der Waals surface area contributed by atoms with Crippen LogP contribution < -0.4 is 4.74 Å². The lowest BCUT2D eigenvalue weighted by Crippen LogP contribution is -1.90. The maximum atomic E-state index is 5.23. The number of benzene rings is 3. The van der Waals surface area contributed by atoms with Crippen molar-refractivity contribution in [1.29, 1.82) is 0 Å². The highest BCUT2D eigenvalue weighted by atomic mass is 35.5.